The van der Waals surface area contributed by atoms with E-state index in [2.05, 4.69) is 5.43 Å². The molecule has 4 nitrogen and oxygen atoms in total. The number of nitrogens with two attached hydrogens (primary N) is 1. The molecular formula is C16H19ClN2O2. The molecule has 112 valence electrons. The minimum absolute atomic E-state index is 0.0261. The van der Waals surface area contributed by atoms with Gasteiger partial charge in [0.15, 0.2) is 11.5 Å². The number of halogens is 1. The maximum absolute atomic E-state index is 6.03. The van der Waals surface area contributed by atoms with Gasteiger partial charge in [0.2, 0.25) is 0 Å². The van der Waals surface area contributed by atoms with E-state index in [0.29, 0.717) is 16.5 Å². The van der Waals surface area contributed by atoms with Crippen molar-refractivity contribution < 1.29 is 9.47 Å². The first-order valence-electron chi connectivity index (χ1n) is 6.60. The summed E-state index contributed by atoms with van der Waals surface area (Å²) in [5.74, 6) is 7.10. The first kappa shape index (κ1) is 15.6. The molecule has 0 aromatic heterocycles. The molecule has 0 aliphatic carbocycles. The smallest absolute Gasteiger partial charge is 0.160 e. The lowest BCUT2D eigenvalue weighted by atomic mass is 9.99. The Balaban J connectivity index is 2.22. The van der Waals surface area contributed by atoms with Crippen LogP contribution in [0.1, 0.15) is 17.2 Å². The molecular weight excluding hydrogens is 288 g/mol. The van der Waals surface area contributed by atoms with E-state index in [0.717, 1.165) is 17.5 Å². The lowest BCUT2D eigenvalue weighted by Gasteiger charge is -2.17. The Kier molecular flexibility index (Phi) is 5.44. The third-order valence-electron chi connectivity index (χ3n) is 3.34. The van der Waals surface area contributed by atoms with E-state index in [4.69, 9.17) is 26.9 Å². The van der Waals surface area contributed by atoms with E-state index in [1.807, 2.05) is 42.5 Å². The number of ether oxygens (including phenoxy) is 2. The molecule has 2 aromatic carbocycles. The van der Waals surface area contributed by atoms with Crippen LogP contribution in [0.2, 0.25) is 5.02 Å². The predicted octanol–water partition coefficient (Wildman–Crippen LogP) is 3.10. The first-order chi connectivity index (χ1) is 10.2. The van der Waals surface area contributed by atoms with E-state index in [-0.39, 0.29) is 6.04 Å². The molecule has 0 aliphatic rings. The van der Waals surface area contributed by atoms with Crippen LogP contribution in [0.15, 0.2) is 42.5 Å². The zero-order chi connectivity index (χ0) is 15.2. The van der Waals surface area contributed by atoms with Crippen molar-refractivity contribution >= 4 is 11.6 Å². The number of benzene rings is 2. The maximum Gasteiger partial charge on any atom is 0.160 e. The molecule has 0 heterocycles. The van der Waals surface area contributed by atoms with Gasteiger partial charge in [-0.15, -0.1) is 0 Å². The number of hydrazine groups is 1. The minimum atomic E-state index is -0.0261. The van der Waals surface area contributed by atoms with Gasteiger partial charge >= 0.3 is 0 Å². The fourth-order valence-electron chi connectivity index (χ4n) is 2.24. The Morgan fingerprint density at radius 2 is 1.86 bits per heavy atom. The summed E-state index contributed by atoms with van der Waals surface area (Å²) in [6.07, 6.45) is 0.719. The molecule has 2 rings (SSSR count). The van der Waals surface area contributed by atoms with Gasteiger partial charge in [-0.3, -0.25) is 11.3 Å². The van der Waals surface area contributed by atoms with Gasteiger partial charge in [-0.2, -0.15) is 0 Å². The van der Waals surface area contributed by atoms with E-state index in [1.165, 1.54) is 0 Å². The van der Waals surface area contributed by atoms with Crippen molar-refractivity contribution in [2.75, 3.05) is 14.2 Å². The summed E-state index contributed by atoms with van der Waals surface area (Å²) >= 11 is 6.03. The van der Waals surface area contributed by atoms with Crippen LogP contribution >= 0.6 is 11.6 Å². The highest BCUT2D eigenvalue weighted by Gasteiger charge is 2.13. The monoisotopic (exact) mass is 306 g/mol. The number of hydrogen-bond donors (Lipinski definition) is 2. The molecule has 0 radical (unpaired) electrons. The SMILES string of the molecule is COc1ccc(CC(NN)c2cccc(Cl)c2)cc1OC. The number of methoxy groups -OCH3 is 2. The van der Waals surface area contributed by atoms with E-state index in [9.17, 15) is 0 Å². The summed E-state index contributed by atoms with van der Waals surface area (Å²) in [5.41, 5.74) is 4.96. The van der Waals surface area contributed by atoms with Crippen LogP contribution in [0.3, 0.4) is 0 Å². The fourth-order valence-corrected chi connectivity index (χ4v) is 2.44. The topological polar surface area (TPSA) is 56.5 Å². The predicted molar refractivity (Wildman–Crippen MR) is 84.8 cm³/mol. The average molecular weight is 307 g/mol. The molecule has 2 aromatic rings. The fraction of sp³-hybridized carbons (Fsp3) is 0.250. The number of rotatable bonds is 6. The van der Waals surface area contributed by atoms with E-state index in [1.54, 1.807) is 14.2 Å². The average Bonchev–Trinajstić information content (AvgIpc) is 2.52. The Hall–Kier alpha value is -1.75. The number of hydrogen-bond acceptors (Lipinski definition) is 4. The Labute approximate surface area is 129 Å². The van der Waals surface area contributed by atoms with Crippen LogP contribution in [-0.4, -0.2) is 14.2 Å². The third kappa shape index (κ3) is 3.88. The maximum atomic E-state index is 6.03. The van der Waals surface area contributed by atoms with Crippen molar-refractivity contribution in [3.63, 3.8) is 0 Å². The lowest BCUT2D eigenvalue weighted by molar-refractivity contribution is 0.354. The third-order valence-corrected chi connectivity index (χ3v) is 3.58. The van der Waals surface area contributed by atoms with Gasteiger partial charge < -0.3 is 9.47 Å². The highest BCUT2D eigenvalue weighted by atomic mass is 35.5. The quantitative estimate of drug-likeness (QED) is 0.636. The van der Waals surface area contributed by atoms with E-state index >= 15 is 0 Å². The lowest BCUT2D eigenvalue weighted by Crippen LogP contribution is -2.29. The van der Waals surface area contributed by atoms with Crippen molar-refractivity contribution in [1.29, 1.82) is 0 Å². The zero-order valence-corrected chi connectivity index (χ0v) is 12.9. The molecule has 0 aliphatic heterocycles. The van der Waals surface area contributed by atoms with E-state index < -0.39 is 0 Å². The number of nitrogens with one attached hydrogen (secondary N) is 1. The van der Waals surface area contributed by atoms with Gasteiger partial charge in [0.05, 0.1) is 20.3 Å². The molecule has 0 fully saturated rings. The molecule has 1 unspecified atom stereocenters. The van der Waals surface area contributed by atoms with Gasteiger partial charge in [-0.1, -0.05) is 29.8 Å². The van der Waals surface area contributed by atoms with Crippen molar-refractivity contribution in [3.8, 4) is 11.5 Å². The summed E-state index contributed by atoms with van der Waals surface area (Å²) in [6.45, 7) is 0. The van der Waals surface area contributed by atoms with Crippen LogP contribution in [0, 0.1) is 0 Å². The second kappa shape index (κ2) is 7.31. The van der Waals surface area contributed by atoms with Crippen molar-refractivity contribution in [1.82, 2.24) is 5.43 Å². The summed E-state index contributed by atoms with van der Waals surface area (Å²) in [7, 11) is 3.24. The van der Waals surface area contributed by atoms with Gasteiger partial charge in [0.25, 0.3) is 0 Å². The standard InChI is InChI=1S/C16H19ClN2O2/c1-20-15-7-6-11(9-16(15)21-2)8-14(19-18)12-4-3-5-13(17)10-12/h3-7,9-10,14,19H,8,18H2,1-2H3. The van der Waals surface area contributed by atoms with Gasteiger partial charge in [-0.05, 0) is 41.8 Å². The van der Waals surface area contributed by atoms with Gasteiger partial charge in [0.1, 0.15) is 0 Å². The van der Waals surface area contributed by atoms with Crippen LogP contribution < -0.4 is 20.7 Å². The second-order valence-electron chi connectivity index (χ2n) is 4.67. The molecule has 0 spiro atoms. The largest absolute Gasteiger partial charge is 0.493 e. The van der Waals surface area contributed by atoms with Crippen LogP contribution in [0.4, 0.5) is 0 Å². The Morgan fingerprint density at radius 3 is 2.48 bits per heavy atom. The Morgan fingerprint density at radius 1 is 1.10 bits per heavy atom. The summed E-state index contributed by atoms with van der Waals surface area (Å²) in [5, 5.41) is 0.695. The normalized spacial score (nSPS) is 12.0. The molecule has 0 bridgehead atoms. The van der Waals surface area contributed by atoms with Crippen molar-refractivity contribution in [3.05, 3.63) is 58.6 Å². The molecule has 1 atom stereocenters. The second-order valence-corrected chi connectivity index (χ2v) is 5.10. The van der Waals surface area contributed by atoms with Crippen molar-refractivity contribution in [2.45, 2.75) is 12.5 Å². The summed E-state index contributed by atoms with van der Waals surface area (Å²) in [6, 6.07) is 13.5. The molecule has 21 heavy (non-hydrogen) atoms. The molecule has 0 saturated carbocycles. The van der Waals surface area contributed by atoms with Crippen LogP contribution in [0.25, 0.3) is 0 Å². The summed E-state index contributed by atoms with van der Waals surface area (Å²) < 4.78 is 10.6. The van der Waals surface area contributed by atoms with Crippen LogP contribution in [-0.2, 0) is 6.42 Å². The zero-order valence-electron chi connectivity index (χ0n) is 12.1. The minimum Gasteiger partial charge on any atom is -0.493 e. The van der Waals surface area contributed by atoms with Gasteiger partial charge in [-0.25, -0.2) is 0 Å². The molecule has 0 amide bonds. The first-order valence-corrected chi connectivity index (χ1v) is 6.98. The molecule has 5 heteroatoms. The van der Waals surface area contributed by atoms with Gasteiger partial charge in [0, 0.05) is 5.02 Å². The molecule has 0 saturated heterocycles. The van der Waals surface area contributed by atoms with Crippen molar-refractivity contribution in [2.24, 2.45) is 5.84 Å². The highest BCUT2D eigenvalue weighted by Crippen LogP contribution is 2.29. The highest BCUT2D eigenvalue weighted by molar-refractivity contribution is 6.30. The Bertz CT molecular complexity index is 605. The molecule has 3 N–H and O–H groups in total. The summed E-state index contributed by atoms with van der Waals surface area (Å²) in [4.78, 5) is 0. The van der Waals surface area contributed by atoms with Crippen LogP contribution in [0.5, 0.6) is 11.5 Å².